The van der Waals surface area contributed by atoms with Crippen molar-refractivity contribution >= 4 is 38.5 Å². The van der Waals surface area contributed by atoms with E-state index in [4.69, 9.17) is 0 Å². The molecule has 158 valence electrons. The number of benzene rings is 2. The molecule has 4 rings (SSSR count). The number of aromatic amines is 2. The van der Waals surface area contributed by atoms with Crippen LogP contribution in [0.4, 0.5) is 11.5 Å². The highest BCUT2D eigenvalue weighted by molar-refractivity contribution is 7.92. The Morgan fingerprint density at radius 1 is 1.03 bits per heavy atom. The highest BCUT2D eigenvalue weighted by Crippen LogP contribution is 2.22. The van der Waals surface area contributed by atoms with Crippen LogP contribution >= 0.6 is 0 Å². The average Bonchev–Trinajstić information content (AvgIpc) is 3.09. The quantitative estimate of drug-likeness (QED) is 0.380. The number of H-pyrrole nitrogens is 2. The number of amides is 1. The maximum Gasteiger partial charge on any atom is 0.261 e. The molecule has 2 heterocycles. The molecule has 2 aromatic carbocycles. The van der Waals surface area contributed by atoms with Crippen molar-refractivity contribution in [2.75, 3.05) is 10.0 Å². The van der Waals surface area contributed by atoms with Crippen LogP contribution in [-0.2, 0) is 10.0 Å². The second kappa shape index (κ2) is 7.73. The van der Waals surface area contributed by atoms with Gasteiger partial charge in [-0.05, 0) is 55.3 Å². The zero-order valence-corrected chi connectivity index (χ0v) is 17.5. The molecular weight excluding hydrogens is 418 g/mol. The first kappa shape index (κ1) is 20.4. The van der Waals surface area contributed by atoms with Crippen LogP contribution in [0.1, 0.15) is 21.5 Å². The number of carbonyl (C=O) groups is 1. The van der Waals surface area contributed by atoms with Crippen molar-refractivity contribution in [1.29, 1.82) is 0 Å². The Hall–Kier alpha value is -3.92. The fourth-order valence-electron chi connectivity index (χ4n) is 3.14. The Labute approximate surface area is 177 Å². The monoisotopic (exact) mass is 437 g/mol. The molecule has 0 spiro atoms. The standard InChI is InChI=1S/C21H19N5O4S/c1-12-4-3-5-14(10-12)26-31(29,30)15-7-6-13(2)17(11-15)21(28)23-20-16-8-9-18(27)22-19(16)24-25-20/h3-11,26H,1-2H3,(H3,22,23,24,25,27,28). The number of fused-ring (bicyclic) bond motifs is 1. The summed E-state index contributed by atoms with van der Waals surface area (Å²) < 4.78 is 28.2. The summed E-state index contributed by atoms with van der Waals surface area (Å²) in [5.41, 5.74) is 2.20. The lowest BCUT2D eigenvalue weighted by Gasteiger charge is -2.11. The molecule has 0 radical (unpaired) electrons. The first-order valence-corrected chi connectivity index (χ1v) is 10.8. The molecule has 0 atom stereocenters. The summed E-state index contributed by atoms with van der Waals surface area (Å²) in [5.74, 6) is -0.300. The molecule has 0 bridgehead atoms. The molecule has 0 aliphatic carbocycles. The Morgan fingerprint density at radius 2 is 1.84 bits per heavy atom. The van der Waals surface area contributed by atoms with Gasteiger partial charge in [0.15, 0.2) is 5.82 Å². The molecule has 4 aromatic rings. The number of hydrogen-bond donors (Lipinski definition) is 4. The van der Waals surface area contributed by atoms with Gasteiger partial charge in [0.05, 0.1) is 10.3 Å². The van der Waals surface area contributed by atoms with Crippen LogP contribution in [0.5, 0.6) is 0 Å². The summed E-state index contributed by atoms with van der Waals surface area (Å²) in [6.45, 7) is 3.57. The van der Waals surface area contributed by atoms with Crippen LogP contribution in [0.25, 0.3) is 11.0 Å². The summed E-state index contributed by atoms with van der Waals surface area (Å²) in [5, 5.41) is 9.83. The van der Waals surface area contributed by atoms with Crippen molar-refractivity contribution in [1.82, 2.24) is 15.2 Å². The van der Waals surface area contributed by atoms with Crippen LogP contribution in [0.2, 0.25) is 0 Å². The van der Waals surface area contributed by atoms with Gasteiger partial charge in [-0.1, -0.05) is 18.2 Å². The predicted molar refractivity (Wildman–Crippen MR) is 118 cm³/mol. The van der Waals surface area contributed by atoms with Gasteiger partial charge in [0.2, 0.25) is 5.56 Å². The number of nitrogens with zero attached hydrogens (tertiary/aromatic N) is 1. The van der Waals surface area contributed by atoms with Crippen molar-refractivity contribution in [3.63, 3.8) is 0 Å². The Morgan fingerprint density at radius 3 is 2.61 bits per heavy atom. The van der Waals surface area contributed by atoms with Gasteiger partial charge >= 0.3 is 0 Å². The molecule has 0 aliphatic heterocycles. The van der Waals surface area contributed by atoms with E-state index in [0.29, 0.717) is 22.3 Å². The number of aromatic nitrogens is 3. The summed E-state index contributed by atoms with van der Waals surface area (Å²) >= 11 is 0. The van der Waals surface area contributed by atoms with Crippen molar-refractivity contribution < 1.29 is 13.2 Å². The molecule has 1 amide bonds. The first-order chi connectivity index (χ1) is 14.7. The summed E-state index contributed by atoms with van der Waals surface area (Å²) in [6, 6.07) is 14.2. The number of hydrogen-bond acceptors (Lipinski definition) is 5. The molecule has 2 aromatic heterocycles. The topological polar surface area (TPSA) is 137 Å². The fourth-order valence-corrected chi connectivity index (χ4v) is 4.21. The summed E-state index contributed by atoms with van der Waals surface area (Å²) in [7, 11) is -3.90. The van der Waals surface area contributed by atoms with Crippen molar-refractivity contribution in [3.8, 4) is 0 Å². The third kappa shape index (κ3) is 4.19. The number of sulfonamides is 1. The lowest BCUT2D eigenvalue weighted by atomic mass is 10.1. The third-order valence-electron chi connectivity index (χ3n) is 4.72. The van der Waals surface area contributed by atoms with E-state index in [1.807, 2.05) is 13.0 Å². The highest BCUT2D eigenvalue weighted by atomic mass is 32.2. The number of anilines is 2. The Balaban J connectivity index is 1.63. The van der Waals surface area contributed by atoms with Crippen LogP contribution in [-0.4, -0.2) is 29.5 Å². The van der Waals surface area contributed by atoms with Gasteiger partial charge in [0.25, 0.3) is 15.9 Å². The van der Waals surface area contributed by atoms with Gasteiger partial charge in [-0.15, -0.1) is 0 Å². The molecule has 10 heteroatoms. The second-order valence-electron chi connectivity index (χ2n) is 7.09. The van der Waals surface area contributed by atoms with Crippen LogP contribution < -0.4 is 15.6 Å². The minimum atomic E-state index is -3.90. The number of carbonyl (C=O) groups excluding carboxylic acids is 1. The van der Waals surface area contributed by atoms with Crippen LogP contribution in [0.15, 0.2) is 64.3 Å². The first-order valence-electron chi connectivity index (χ1n) is 9.32. The summed E-state index contributed by atoms with van der Waals surface area (Å²) in [4.78, 5) is 26.8. The normalized spacial score (nSPS) is 11.4. The molecule has 9 nitrogen and oxygen atoms in total. The molecule has 0 fully saturated rings. The number of nitrogens with one attached hydrogen (secondary N) is 4. The minimum absolute atomic E-state index is 0.0408. The Kier molecular flexibility index (Phi) is 5.07. The van der Waals surface area contributed by atoms with Crippen molar-refractivity contribution in [3.05, 3.63) is 81.6 Å². The minimum Gasteiger partial charge on any atom is -0.307 e. The van der Waals surface area contributed by atoms with E-state index < -0.39 is 15.9 Å². The SMILES string of the molecule is Cc1cccc(NS(=O)(=O)c2ccc(C)c(C(=O)Nc3n[nH]c4[nH]c(=O)ccc34)c2)c1. The largest absolute Gasteiger partial charge is 0.307 e. The second-order valence-corrected chi connectivity index (χ2v) is 8.77. The number of rotatable bonds is 5. The van der Waals surface area contributed by atoms with E-state index in [2.05, 4.69) is 25.2 Å². The molecule has 4 N–H and O–H groups in total. The average molecular weight is 437 g/mol. The highest BCUT2D eigenvalue weighted by Gasteiger charge is 2.19. The zero-order valence-electron chi connectivity index (χ0n) is 16.7. The van der Waals surface area contributed by atoms with Gasteiger partial charge < -0.3 is 10.3 Å². The Bertz CT molecular complexity index is 1470. The zero-order chi connectivity index (χ0) is 22.2. The van der Waals surface area contributed by atoms with Gasteiger partial charge in [0, 0.05) is 17.3 Å². The molecule has 0 saturated heterocycles. The van der Waals surface area contributed by atoms with Gasteiger partial charge in [-0.25, -0.2) is 8.42 Å². The molecule has 0 aliphatic rings. The fraction of sp³-hybridized carbons (Fsp3) is 0.0952. The van der Waals surface area contributed by atoms with Crippen molar-refractivity contribution in [2.24, 2.45) is 0 Å². The van der Waals surface area contributed by atoms with Crippen LogP contribution in [0.3, 0.4) is 0 Å². The van der Waals surface area contributed by atoms with Gasteiger partial charge in [-0.3, -0.25) is 19.4 Å². The van der Waals surface area contributed by atoms with E-state index in [9.17, 15) is 18.0 Å². The van der Waals surface area contributed by atoms with E-state index in [1.165, 1.54) is 24.3 Å². The summed E-state index contributed by atoms with van der Waals surface area (Å²) in [6.07, 6.45) is 0. The van der Waals surface area contributed by atoms with Crippen molar-refractivity contribution in [2.45, 2.75) is 18.7 Å². The maximum atomic E-state index is 12.9. The van der Waals surface area contributed by atoms with Gasteiger partial charge in [-0.2, -0.15) is 5.10 Å². The van der Waals surface area contributed by atoms with E-state index in [-0.39, 0.29) is 21.8 Å². The van der Waals surface area contributed by atoms with E-state index >= 15 is 0 Å². The van der Waals surface area contributed by atoms with E-state index in [0.717, 1.165) is 5.56 Å². The molecule has 0 unspecified atom stereocenters. The lowest BCUT2D eigenvalue weighted by molar-refractivity contribution is 0.102. The predicted octanol–water partition coefficient (Wildman–Crippen LogP) is 2.92. The van der Waals surface area contributed by atoms with E-state index in [1.54, 1.807) is 31.2 Å². The smallest absolute Gasteiger partial charge is 0.261 e. The molecular formula is C21H19N5O4S. The molecule has 0 saturated carbocycles. The van der Waals surface area contributed by atoms with Crippen LogP contribution in [0, 0.1) is 13.8 Å². The third-order valence-corrected chi connectivity index (χ3v) is 6.10. The number of aryl methyl sites for hydroxylation is 2. The molecule has 31 heavy (non-hydrogen) atoms. The maximum absolute atomic E-state index is 12.9. The lowest BCUT2D eigenvalue weighted by Crippen LogP contribution is -2.17. The number of pyridine rings is 1. The van der Waals surface area contributed by atoms with Gasteiger partial charge in [0.1, 0.15) is 5.65 Å².